The number of piperidine rings is 1. The highest BCUT2D eigenvalue weighted by molar-refractivity contribution is 5.76. The van der Waals surface area contributed by atoms with E-state index < -0.39 is 0 Å². The van der Waals surface area contributed by atoms with Crippen LogP contribution in [0, 0.1) is 11.8 Å². The van der Waals surface area contributed by atoms with E-state index in [0.29, 0.717) is 24.8 Å². The molecule has 0 saturated carbocycles. The van der Waals surface area contributed by atoms with Crippen LogP contribution in [0.3, 0.4) is 0 Å². The minimum absolute atomic E-state index is 0.168. The highest BCUT2D eigenvalue weighted by Crippen LogP contribution is 2.22. The molecule has 1 aromatic heterocycles. The third-order valence-corrected chi connectivity index (χ3v) is 4.03. The van der Waals surface area contributed by atoms with Crippen LogP contribution >= 0.6 is 0 Å². The van der Waals surface area contributed by atoms with E-state index in [1.807, 2.05) is 30.1 Å². The first-order valence-electron chi connectivity index (χ1n) is 7.23. The second-order valence-electron chi connectivity index (χ2n) is 5.75. The third-order valence-electron chi connectivity index (χ3n) is 4.03. The number of aromatic nitrogens is 1. The lowest BCUT2D eigenvalue weighted by Crippen LogP contribution is -2.35. The highest BCUT2D eigenvalue weighted by Gasteiger charge is 2.21. The van der Waals surface area contributed by atoms with Gasteiger partial charge in [0.1, 0.15) is 0 Å². The molecule has 2 rings (SSSR count). The molecule has 0 spiro atoms. The van der Waals surface area contributed by atoms with Crippen molar-refractivity contribution in [1.29, 1.82) is 0 Å². The van der Waals surface area contributed by atoms with E-state index in [1.54, 1.807) is 0 Å². The molecule has 1 saturated heterocycles. The molecule has 2 atom stereocenters. The first kappa shape index (κ1) is 14.1. The van der Waals surface area contributed by atoms with Gasteiger partial charge < -0.3 is 15.2 Å². The molecular weight excluding hydrogens is 238 g/mol. The zero-order chi connectivity index (χ0) is 13.7. The van der Waals surface area contributed by atoms with Crippen LogP contribution in [0.15, 0.2) is 18.5 Å². The van der Waals surface area contributed by atoms with Crippen molar-refractivity contribution in [3.8, 4) is 0 Å². The lowest BCUT2D eigenvalue weighted by Gasteiger charge is -2.28. The number of amides is 1. The van der Waals surface area contributed by atoms with Gasteiger partial charge in [0.15, 0.2) is 0 Å². The molecule has 19 heavy (non-hydrogen) atoms. The number of hydrogen-bond donors (Lipinski definition) is 2. The number of hydrogen-bond acceptors (Lipinski definition) is 2. The Morgan fingerprint density at radius 3 is 3.11 bits per heavy atom. The van der Waals surface area contributed by atoms with Gasteiger partial charge in [-0.15, -0.1) is 0 Å². The van der Waals surface area contributed by atoms with Gasteiger partial charge in [-0.2, -0.15) is 0 Å². The van der Waals surface area contributed by atoms with Gasteiger partial charge in [0.05, 0.1) is 0 Å². The highest BCUT2D eigenvalue weighted by atomic mass is 16.1. The van der Waals surface area contributed by atoms with Crippen LogP contribution in [0.2, 0.25) is 0 Å². The van der Waals surface area contributed by atoms with Gasteiger partial charge in [0.2, 0.25) is 5.91 Å². The van der Waals surface area contributed by atoms with E-state index in [9.17, 15) is 4.79 Å². The van der Waals surface area contributed by atoms with Crippen LogP contribution in [0.4, 0.5) is 0 Å². The number of carbonyl (C=O) groups excluding carboxylic acids is 1. The molecule has 1 aliphatic heterocycles. The topological polar surface area (TPSA) is 46.1 Å². The SMILES string of the molecule is CC(CC(=O)NCc1ccn(C)c1)C1CCCNC1. The second kappa shape index (κ2) is 6.75. The molecule has 2 N–H and O–H groups in total. The van der Waals surface area contributed by atoms with Crippen LogP contribution in [0.1, 0.15) is 31.7 Å². The number of nitrogens with zero attached hydrogens (tertiary/aromatic N) is 1. The van der Waals surface area contributed by atoms with Gasteiger partial charge in [-0.1, -0.05) is 6.92 Å². The molecule has 1 fully saturated rings. The van der Waals surface area contributed by atoms with Crippen molar-refractivity contribution in [2.24, 2.45) is 18.9 Å². The molecule has 0 aliphatic carbocycles. The third kappa shape index (κ3) is 4.39. The zero-order valence-corrected chi connectivity index (χ0v) is 12.0. The van der Waals surface area contributed by atoms with Gasteiger partial charge in [-0.25, -0.2) is 0 Å². The summed E-state index contributed by atoms with van der Waals surface area (Å²) in [5.74, 6) is 1.28. The van der Waals surface area contributed by atoms with E-state index in [0.717, 1.165) is 18.7 Å². The summed E-state index contributed by atoms with van der Waals surface area (Å²) in [7, 11) is 1.99. The monoisotopic (exact) mass is 263 g/mol. The quantitative estimate of drug-likeness (QED) is 0.849. The van der Waals surface area contributed by atoms with Gasteiger partial charge >= 0.3 is 0 Å². The van der Waals surface area contributed by atoms with Crippen LogP contribution in [-0.2, 0) is 18.4 Å². The Morgan fingerprint density at radius 1 is 1.63 bits per heavy atom. The Morgan fingerprint density at radius 2 is 2.47 bits per heavy atom. The molecule has 4 heteroatoms. The standard InChI is InChI=1S/C15H25N3O/c1-12(14-4-3-6-16-10-14)8-15(19)17-9-13-5-7-18(2)11-13/h5,7,11-12,14,16H,3-4,6,8-10H2,1-2H3,(H,17,19). The Labute approximate surface area is 115 Å². The summed E-state index contributed by atoms with van der Waals surface area (Å²) >= 11 is 0. The van der Waals surface area contributed by atoms with E-state index >= 15 is 0 Å². The van der Waals surface area contributed by atoms with E-state index in [1.165, 1.54) is 12.8 Å². The fourth-order valence-corrected chi connectivity index (χ4v) is 2.76. The average molecular weight is 263 g/mol. The lowest BCUT2D eigenvalue weighted by molar-refractivity contribution is -0.122. The van der Waals surface area contributed by atoms with Crippen molar-refractivity contribution < 1.29 is 4.79 Å². The van der Waals surface area contributed by atoms with Crippen LogP contribution in [-0.4, -0.2) is 23.6 Å². The Bertz CT molecular complexity index is 407. The van der Waals surface area contributed by atoms with Crippen molar-refractivity contribution in [3.05, 3.63) is 24.0 Å². The number of rotatable bonds is 5. The molecule has 4 nitrogen and oxygen atoms in total. The maximum atomic E-state index is 11.9. The van der Waals surface area contributed by atoms with Crippen molar-refractivity contribution in [1.82, 2.24) is 15.2 Å². The zero-order valence-electron chi connectivity index (χ0n) is 12.0. The van der Waals surface area contributed by atoms with Gasteiger partial charge in [-0.3, -0.25) is 4.79 Å². The number of nitrogens with one attached hydrogen (secondary N) is 2. The minimum Gasteiger partial charge on any atom is -0.357 e. The number of carbonyl (C=O) groups is 1. The van der Waals surface area contributed by atoms with Crippen molar-refractivity contribution in [2.75, 3.05) is 13.1 Å². The summed E-state index contributed by atoms with van der Waals surface area (Å²) in [5.41, 5.74) is 1.16. The number of aryl methyl sites for hydroxylation is 1. The first-order chi connectivity index (χ1) is 9.15. The molecule has 0 radical (unpaired) electrons. The summed E-state index contributed by atoms with van der Waals surface area (Å²) in [6, 6.07) is 2.04. The fraction of sp³-hybridized carbons (Fsp3) is 0.667. The van der Waals surface area contributed by atoms with Crippen molar-refractivity contribution in [2.45, 2.75) is 32.7 Å². The Kier molecular flexibility index (Phi) is 5.02. The van der Waals surface area contributed by atoms with E-state index in [4.69, 9.17) is 0 Å². The van der Waals surface area contributed by atoms with E-state index in [-0.39, 0.29) is 5.91 Å². The van der Waals surface area contributed by atoms with Crippen molar-refractivity contribution in [3.63, 3.8) is 0 Å². The average Bonchev–Trinajstić information content (AvgIpc) is 2.83. The fourth-order valence-electron chi connectivity index (χ4n) is 2.76. The molecule has 2 heterocycles. The second-order valence-corrected chi connectivity index (χ2v) is 5.75. The summed E-state index contributed by atoms with van der Waals surface area (Å²) in [6.45, 7) is 5.02. The maximum Gasteiger partial charge on any atom is 0.220 e. The van der Waals surface area contributed by atoms with Gasteiger partial charge in [0.25, 0.3) is 0 Å². The molecule has 106 valence electrons. The smallest absolute Gasteiger partial charge is 0.220 e. The Balaban J connectivity index is 1.71. The summed E-state index contributed by atoms with van der Waals surface area (Å²) in [6.07, 6.45) is 7.16. The predicted octanol–water partition coefficient (Wildman–Crippen LogP) is 1.67. The Hall–Kier alpha value is -1.29. The minimum atomic E-state index is 0.168. The first-order valence-corrected chi connectivity index (χ1v) is 7.23. The van der Waals surface area contributed by atoms with E-state index in [2.05, 4.69) is 17.6 Å². The van der Waals surface area contributed by atoms with Gasteiger partial charge in [0, 0.05) is 32.4 Å². The molecule has 1 amide bonds. The summed E-state index contributed by atoms with van der Waals surface area (Å²) < 4.78 is 2.00. The molecule has 0 aromatic carbocycles. The molecule has 0 bridgehead atoms. The van der Waals surface area contributed by atoms with Crippen LogP contribution < -0.4 is 10.6 Å². The van der Waals surface area contributed by atoms with Crippen LogP contribution in [0.25, 0.3) is 0 Å². The molecule has 2 unspecified atom stereocenters. The largest absolute Gasteiger partial charge is 0.357 e. The molecule has 1 aromatic rings. The predicted molar refractivity (Wildman–Crippen MR) is 76.6 cm³/mol. The van der Waals surface area contributed by atoms with Crippen molar-refractivity contribution >= 4 is 5.91 Å². The maximum absolute atomic E-state index is 11.9. The molecule has 1 aliphatic rings. The summed E-state index contributed by atoms with van der Waals surface area (Å²) in [4.78, 5) is 11.9. The van der Waals surface area contributed by atoms with Gasteiger partial charge in [-0.05, 0) is 49.4 Å². The van der Waals surface area contributed by atoms with Crippen LogP contribution in [0.5, 0.6) is 0 Å². The summed E-state index contributed by atoms with van der Waals surface area (Å²) in [5, 5.41) is 6.42. The normalized spacial score (nSPS) is 21.1. The lowest BCUT2D eigenvalue weighted by atomic mass is 9.85. The molecular formula is C15H25N3O.